The number of rotatable bonds is 1. The molecule has 0 saturated carbocycles. The molecule has 0 bridgehead atoms. The van der Waals surface area contributed by atoms with E-state index in [-0.39, 0.29) is 12.2 Å². The lowest BCUT2D eigenvalue weighted by atomic mass is 10.1. The van der Waals surface area contributed by atoms with Crippen LogP contribution in [0.5, 0.6) is 0 Å². The predicted octanol–water partition coefficient (Wildman–Crippen LogP) is 2.63. The van der Waals surface area contributed by atoms with Gasteiger partial charge in [-0.25, -0.2) is 8.78 Å². The molecule has 0 heterocycles. The van der Waals surface area contributed by atoms with E-state index in [1.54, 1.807) is 0 Å². The summed E-state index contributed by atoms with van der Waals surface area (Å²) < 4.78 is 30.0. The summed E-state index contributed by atoms with van der Waals surface area (Å²) in [6.07, 6.45) is 1.21. The van der Waals surface area contributed by atoms with Crippen LogP contribution in [0.2, 0.25) is 0 Å². The summed E-state index contributed by atoms with van der Waals surface area (Å²) in [5, 5.41) is 0. The zero-order chi connectivity index (χ0) is 8.43. The van der Waals surface area contributed by atoms with Gasteiger partial charge in [0, 0.05) is 6.42 Å². The Morgan fingerprint density at radius 1 is 1.55 bits per heavy atom. The third-order valence-corrected chi connectivity index (χ3v) is 1.38. The van der Waals surface area contributed by atoms with Crippen LogP contribution in [-0.2, 0) is 4.74 Å². The van der Waals surface area contributed by atoms with Gasteiger partial charge in [0.1, 0.15) is 5.83 Å². The number of ether oxygens (including phenoxy) is 1. The highest BCUT2D eigenvalue weighted by atomic mass is 19.1. The molecule has 0 saturated heterocycles. The van der Waals surface area contributed by atoms with Crippen molar-refractivity contribution in [1.82, 2.24) is 0 Å². The smallest absolute Gasteiger partial charge is 0.186 e. The molecule has 0 aromatic carbocycles. The first-order valence-electron chi connectivity index (χ1n) is 3.13. The molecule has 0 unspecified atom stereocenters. The molecule has 0 amide bonds. The number of halogens is 2. The molecule has 0 N–H and O–H groups in total. The Hall–Kier alpha value is -1.12. The van der Waals surface area contributed by atoms with Gasteiger partial charge in [0.25, 0.3) is 0 Å². The van der Waals surface area contributed by atoms with Gasteiger partial charge in [-0.1, -0.05) is 6.58 Å². The van der Waals surface area contributed by atoms with Crippen LogP contribution in [0.3, 0.4) is 0 Å². The van der Waals surface area contributed by atoms with Gasteiger partial charge in [-0.3, -0.25) is 0 Å². The van der Waals surface area contributed by atoms with E-state index in [9.17, 15) is 8.78 Å². The molecule has 0 spiro atoms. The quantitative estimate of drug-likeness (QED) is 0.570. The van der Waals surface area contributed by atoms with E-state index in [2.05, 4.69) is 11.3 Å². The Morgan fingerprint density at radius 2 is 2.18 bits per heavy atom. The SMILES string of the molecule is C=C1C=C(F)C(OC)=C(F)C1. The summed E-state index contributed by atoms with van der Waals surface area (Å²) in [5.41, 5.74) is 0.417. The zero-order valence-electron chi connectivity index (χ0n) is 6.16. The van der Waals surface area contributed by atoms with Gasteiger partial charge in [-0.05, 0) is 11.6 Å². The summed E-state index contributed by atoms with van der Waals surface area (Å²) >= 11 is 0. The highest BCUT2D eigenvalue weighted by molar-refractivity contribution is 5.37. The van der Waals surface area contributed by atoms with Gasteiger partial charge >= 0.3 is 0 Å². The van der Waals surface area contributed by atoms with Crippen LogP contribution in [0.25, 0.3) is 0 Å². The number of allylic oxidation sites excluding steroid dienone is 4. The lowest BCUT2D eigenvalue weighted by Crippen LogP contribution is -1.98. The molecule has 1 nitrogen and oxygen atoms in total. The Bertz CT molecular complexity index is 251. The first kappa shape index (κ1) is 7.98. The Kier molecular flexibility index (Phi) is 2.08. The first-order chi connectivity index (χ1) is 5.15. The molecule has 0 fully saturated rings. The molecule has 60 valence electrons. The number of hydrogen-bond acceptors (Lipinski definition) is 1. The van der Waals surface area contributed by atoms with Crippen molar-refractivity contribution in [2.24, 2.45) is 0 Å². The van der Waals surface area contributed by atoms with Crippen molar-refractivity contribution in [3.05, 3.63) is 35.6 Å². The highest BCUT2D eigenvalue weighted by Gasteiger charge is 2.18. The zero-order valence-corrected chi connectivity index (χ0v) is 6.16. The summed E-state index contributed by atoms with van der Waals surface area (Å²) in [7, 11) is 1.23. The molecule has 11 heavy (non-hydrogen) atoms. The third-order valence-electron chi connectivity index (χ3n) is 1.38. The van der Waals surface area contributed by atoms with Gasteiger partial charge in [0.05, 0.1) is 7.11 Å². The second-order valence-electron chi connectivity index (χ2n) is 2.27. The number of hydrogen-bond donors (Lipinski definition) is 0. The van der Waals surface area contributed by atoms with E-state index in [1.807, 2.05) is 0 Å². The predicted molar refractivity (Wildman–Crippen MR) is 38.1 cm³/mol. The molecule has 0 aliphatic heterocycles. The van der Waals surface area contributed by atoms with E-state index in [4.69, 9.17) is 0 Å². The summed E-state index contributed by atoms with van der Waals surface area (Å²) in [4.78, 5) is 0. The average molecular weight is 158 g/mol. The maximum absolute atomic E-state index is 12.8. The molecular formula is C8H8F2O. The van der Waals surface area contributed by atoms with E-state index in [0.29, 0.717) is 5.57 Å². The van der Waals surface area contributed by atoms with E-state index in [0.717, 1.165) is 0 Å². The molecule has 1 rings (SSSR count). The van der Waals surface area contributed by atoms with Crippen LogP contribution >= 0.6 is 0 Å². The molecule has 0 atom stereocenters. The fourth-order valence-corrected chi connectivity index (χ4v) is 0.913. The molecule has 1 aliphatic carbocycles. The Balaban J connectivity index is 2.99. The van der Waals surface area contributed by atoms with E-state index >= 15 is 0 Å². The minimum Gasteiger partial charge on any atom is -0.491 e. The van der Waals surface area contributed by atoms with Crippen LogP contribution in [0.15, 0.2) is 35.6 Å². The van der Waals surface area contributed by atoms with Crippen LogP contribution < -0.4 is 0 Å². The van der Waals surface area contributed by atoms with Gasteiger partial charge < -0.3 is 4.74 Å². The van der Waals surface area contributed by atoms with Crippen molar-refractivity contribution in [2.45, 2.75) is 6.42 Å². The summed E-state index contributed by atoms with van der Waals surface area (Å²) in [6, 6.07) is 0. The van der Waals surface area contributed by atoms with Crippen LogP contribution in [0, 0.1) is 0 Å². The molecule has 0 aromatic heterocycles. The standard InChI is InChI=1S/C8H8F2O/c1-5-3-6(9)8(11-2)7(10)4-5/h3H,1,4H2,2H3. The largest absolute Gasteiger partial charge is 0.491 e. The van der Waals surface area contributed by atoms with Gasteiger partial charge in [0.2, 0.25) is 0 Å². The Labute approximate surface area is 63.7 Å². The normalized spacial score (nSPS) is 18.5. The molecule has 1 aliphatic rings. The van der Waals surface area contributed by atoms with E-state index in [1.165, 1.54) is 13.2 Å². The van der Waals surface area contributed by atoms with Gasteiger partial charge in [0.15, 0.2) is 11.6 Å². The lowest BCUT2D eigenvalue weighted by Gasteiger charge is -2.11. The Morgan fingerprint density at radius 3 is 2.64 bits per heavy atom. The molecule has 3 heteroatoms. The maximum atomic E-state index is 12.8. The average Bonchev–Trinajstić information content (AvgIpc) is 1.85. The number of methoxy groups -OCH3 is 1. The fraction of sp³-hybridized carbons (Fsp3) is 0.250. The van der Waals surface area contributed by atoms with Gasteiger partial charge in [-0.2, -0.15) is 0 Å². The van der Waals surface area contributed by atoms with Gasteiger partial charge in [-0.15, -0.1) is 0 Å². The summed E-state index contributed by atoms with van der Waals surface area (Å²) in [6.45, 7) is 3.44. The molecule has 0 aromatic rings. The maximum Gasteiger partial charge on any atom is 0.186 e. The first-order valence-corrected chi connectivity index (χ1v) is 3.13. The van der Waals surface area contributed by atoms with Crippen molar-refractivity contribution in [2.75, 3.05) is 7.11 Å². The second-order valence-corrected chi connectivity index (χ2v) is 2.27. The monoisotopic (exact) mass is 158 g/mol. The van der Waals surface area contributed by atoms with E-state index < -0.39 is 11.7 Å². The minimum atomic E-state index is -0.693. The second kappa shape index (κ2) is 2.86. The van der Waals surface area contributed by atoms with Crippen LogP contribution in [0.4, 0.5) is 8.78 Å². The van der Waals surface area contributed by atoms with Crippen LogP contribution in [0.1, 0.15) is 6.42 Å². The third kappa shape index (κ3) is 1.48. The van der Waals surface area contributed by atoms with Crippen LogP contribution in [-0.4, -0.2) is 7.11 Å². The van der Waals surface area contributed by atoms with Crippen molar-refractivity contribution in [3.63, 3.8) is 0 Å². The highest BCUT2D eigenvalue weighted by Crippen LogP contribution is 2.29. The fourth-order valence-electron chi connectivity index (χ4n) is 0.913. The van der Waals surface area contributed by atoms with Crippen molar-refractivity contribution in [3.8, 4) is 0 Å². The topological polar surface area (TPSA) is 9.23 Å². The molecule has 0 radical (unpaired) electrons. The van der Waals surface area contributed by atoms with Crippen molar-refractivity contribution < 1.29 is 13.5 Å². The van der Waals surface area contributed by atoms with Crippen molar-refractivity contribution in [1.29, 1.82) is 0 Å². The lowest BCUT2D eigenvalue weighted by molar-refractivity contribution is 0.263. The summed E-state index contributed by atoms with van der Waals surface area (Å²) in [5.74, 6) is -1.60. The van der Waals surface area contributed by atoms with Crippen molar-refractivity contribution >= 4 is 0 Å². The minimum absolute atomic E-state index is 0.0383. The molecular weight excluding hydrogens is 150 g/mol.